The fraction of sp³-hybridized carbons (Fsp3) is 0.818. The molecule has 0 aliphatic rings. The van der Waals surface area contributed by atoms with Crippen LogP contribution < -0.4 is 5.32 Å². The van der Waals surface area contributed by atoms with Gasteiger partial charge in [0.15, 0.2) is 0 Å². The van der Waals surface area contributed by atoms with Gasteiger partial charge in [0.25, 0.3) is 0 Å². The molecule has 0 aromatic heterocycles. The molecule has 0 aliphatic carbocycles. The first-order valence-electron chi connectivity index (χ1n) is 5.39. The molecule has 0 saturated carbocycles. The van der Waals surface area contributed by atoms with Gasteiger partial charge in [0.05, 0.1) is 25.7 Å². The van der Waals surface area contributed by atoms with E-state index in [9.17, 15) is 9.59 Å². The Kier molecular flexibility index (Phi) is 5.95. The number of hydrogen-bond donors (Lipinski definition) is 2. The summed E-state index contributed by atoms with van der Waals surface area (Å²) in [7, 11) is 1.25. The summed E-state index contributed by atoms with van der Waals surface area (Å²) >= 11 is 0. The molecule has 17 heavy (non-hydrogen) atoms. The van der Waals surface area contributed by atoms with E-state index in [2.05, 4.69) is 10.1 Å². The molecule has 0 bridgehead atoms. The third-order valence-electron chi connectivity index (χ3n) is 2.08. The molecule has 0 rings (SSSR count). The lowest BCUT2D eigenvalue weighted by Crippen LogP contribution is -2.46. The fourth-order valence-electron chi connectivity index (χ4n) is 1.14. The number of hydrogen-bond acceptors (Lipinski definition) is 5. The third kappa shape index (κ3) is 6.11. The highest BCUT2D eigenvalue weighted by Gasteiger charge is 2.27. The van der Waals surface area contributed by atoms with E-state index in [-0.39, 0.29) is 6.61 Å². The number of aliphatic hydroxyl groups excluding tert-OH is 1. The summed E-state index contributed by atoms with van der Waals surface area (Å²) in [5.74, 6) is -1.14. The van der Waals surface area contributed by atoms with E-state index < -0.39 is 29.6 Å². The summed E-state index contributed by atoms with van der Waals surface area (Å²) in [4.78, 5) is 22.7. The number of rotatable bonds is 4. The Hall–Kier alpha value is -1.30. The van der Waals surface area contributed by atoms with Crippen molar-refractivity contribution in [1.29, 1.82) is 0 Å². The molecule has 2 unspecified atom stereocenters. The van der Waals surface area contributed by atoms with Crippen molar-refractivity contribution in [2.45, 2.75) is 39.3 Å². The van der Waals surface area contributed by atoms with E-state index in [1.54, 1.807) is 27.7 Å². The van der Waals surface area contributed by atoms with Gasteiger partial charge in [0.1, 0.15) is 5.60 Å². The zero-order valence-electron chi connectivity index (χ0n) is 10.9. The van der Waals surface area contributed by atoms with Crippen LogP contribution in [-0.4, -0.2) is 42.5 Å². The van der Waals surface area contributed by atoms with Crippen molar-refractivity contribution in [3.05, 3.63) is 0 Å². The van der Waals surface area contributed by atoms with Crippen molar-refractivity contribution in [2.24, 2.45) is 5.92 Å². The van der Waals surface area contributed by atoms with Gasteiger partial charge >= 0.3 is 12.1 Å². The average molecular weight is 247 g/mol. The Morgan fingerprint density at radius 2 is 1.88 bits per heavy atom. The van der Waals surface area contributed by atoms with Gasteiger partial charge in [-0.15, -0.1) is 0 Å². The number of alkyl carbamates (subject to hydrolysis) is 1. The molecule has 0 aliphatic heterocycles. The first kappa shape index (κ1) is 15.7. The fourth-order valence-corrected chi connectivity index (χ4v) is 1.14. The molecule has 1 amide bonds. The van der Waals surface area contributed by atoms with Crippen LogP contribution >= 0.6 is 0 Å². The van der Waals surface area contributed by atoms with Crippen molar-refractivity contribution in [3.8, 4) is 0 Å². The molecule has 0 heterocycles. The Morgan fingerprint density at radius 3 is 2.24 bits per heavy atom. The first-order chi connectivity index (χ1) is 7.71. The molecule has 0 aromatic rings. The normalized spacial score (nSPS) is 14.7. The largest absolute Gasteiger partial charge is 0.469 e. The highest BCUT2D eigenvalue weighted by Crippen LogP contribution is 2.09. The van der Waals surface area contributed by atoms with Gasteiger partial charge in [-0.25, -0.2) is 4.79 Å². The molecule has 0 spiro atoms. The SMILES string of the molecule is COC(=O)C(C)C(CO)NC(=O)OC(C)(C)C. The standard InChI is InChI=1S/C11H21NO5/c1-7(9(14)16-5)8(6-13)12-10(15)17-11(2,3)4/h7-8,13H,6H2,1-5H3,(H,12,15). The van der Waals surface area contributed by atoms with Crippen LogP contribution in [0.5, 0.6) is 0 Å². The Balaban J connectivity index is 4.40. The number of amides is 1. The topological polar surface area (TPSA) is 84.9 Å². The minimum Gasteiger partial charge on any atom is -0.469 e. The second-order valence-electron chi connectivity index (χ2n) is 4.75. The van der Waals surface area contributed by atoms with E-state index in [4.69, 9.17) is 9.84 Å². The van der Waals surface area contributed by atoms with Gasteiger partial charge < -0.3 is 19.9 Å². The number of methoxy groups -OCH3 is 1. The van der Waals surface area contributed by atoms with Crippen LogP contribution in [0.3, 0.4) is 0 Å². The van der Waals surface area contributed by atoms with Crippen molar-refractivity contribution in [3.63, 3.8) is 0 Å². The lowest BCUT2D eigenvalue weighted by molar-refractivity contribution is -0.146. The summed E-state index contributed by atoms with van der Waals surface area (Å²) < 4.78 is 9.56. The van der Waals surface area contributed by atoms with Crippen molar-refractivity contribution in [1.82, 2.24) is 5.32 Å². The van der Waals surface area contributed by atoms with Gasteiger partial charge in [-0.2, -0.15) is 0 Å². The number of carbonyl (C=O) groups excluding carboxylic acids is 2. The van der Waals surface area contributed by atoms with Crippen LogP contribution in [0.4, 0.5) is 4.79 Å². The minimum atomic E-state index is -0.725. The molecule has 2 atom stereocenters. The average Bonchev–Trinajstić information content (AvgIpc) is 2.21. The lowest BCUT2D eigenvalue weighted by atomic mass is 10.0. The minimum absolute atomic E-state index is 0.366. The number of aliphatic hydroxyl groups is 1. The van der Waals surface area contributed by atoms with E-state index in [0.29, 0.717) is 0 Å². The molecule has 0 radical (unpaired) electrons. The van der Waals surface area contributed by atoms with Crippen molar-refractivity contribution >= 4 is 12.1 Å². The van der Waals surface area contributed by atoms with Gasteiger partial charge in [0, 0.05) is 0 Å². The highest BCUT2D eigenvalue weighted by molar-refractivity contribution is 5.74. The Morgan fingerprint density at radius 1 is 1.35 bits per heavy atom. The maximum atomic E-state index is 11.4. The summed E-state index contributed by atoms with van der Waals surface area (Å²) in [6.45, 7) is 6.37. The lowest BCUT2D eigenvalue weighted by Gasteiger charge is -2.24. The van der Waals surface area contributed by atoms with Gasteiger partial charge in [-0.3, -0.25) is 4.79 Å². The second kappa shape index (κ2) is 6.44. The maximum Gasteiger partial charge on any atom is 0.407 e. The third-order valence-corrected chi connectivity index (χ3v) is 2.08. The van der Waals surface area contributed by atoms with Crippen LogP contribution in [0.15, 0.2) is 0 Å². The van der Waals surface area contributed by atoms with Crippen LogP contribution in [-0.2, 0) is 14.3 Å². The number of carbonyl (C=O) groups is 2. The molecule has 100 valence electrons. The molecular formula is C11H21NO5. The van der Waals surface area contributed by atoms with E-state index in [1.165, 1.54) is 7.11 Å². The second-order valence-corrected chi connectivity index (χ2v) is 4.75. The number of ether oxygens (including phenoxy) is 2. The van der Waals surface area contributed by atoms with Gasteiger partial charge in [-0.05, 0) is 27.7 Å². The summed E-state index contributed by atoms with van der Waals surface area (Å²) in [5.41, 5.74) is -0.626. The van der Waals surface area contributed by atoms with E-state index >= 15 is 0 Å². The van der Waals surface area contributed by atoms with Crippen LogP contribution in [0.1, 0.15) is 27.7 Å². The summed E-state index contributed by atoms with van der Waals surface area (Å²) in [6, 6.07) is -0.725. The van der Waals surface area contributed by atoms with Crippen LogP contribution in [0, 0.1) is 5.92 Å². The molecule has 6 nitrogen and oxygen atoms in total. The van der Waals surface area contributed by atoms with Crippen LogP contribution in [0.2, 0.25) is 0 Å². The predicted molar refractivity (Wildman–Crippen MR) is 61.4 cm³/mol. The highest BCUT2D eigenvalue weighted by atomic mass is 16.6. The molecule has 6 heteroatoms. The maximum absolute atomic E-state index is 11.4. The summed E-state index contributed by atoms with van der Waals surface area (Å²) in [6.07, 6.45) is -0.674. The zero-order chi connectivity index (χ0) is 13.6. The number of esters is 1. The smallest absolute Gasteiger partial charge is 0.407 e. The first-order valence-corrected chi connectivity index (χ1v) is 5.39. The zero-order valence-corrected chi connectivity index (χ0v) is 10.9. The molecule has 0 aromatic carbocycles. The summed E-state index contributed by atoms with van der Waals surface area (Å²) in [5, 5.41) is 11.5. The van der Waals surface area contributed by atoms with Crippen LogP contribution in [0.25, 0.3) is 0 Å². The van der Waals surface area contributed by atoms with Gasteiger partial charge in [-0.1, -0.05) is 0 Å². The van der Waals surface area contributed by atoms with E-state index in [0.717, 1.165) is 0 Å². The molecule has 0 saturated heterocycles. The number of nitrogens with one attached hydrogen (secondary N) is 1. The quantitative estimate of drug-likeness (QED) is 0.714. The molecular weight excluding hydrogens is 226 g/mol. The predicted octanol–water partition coefficient (Wildman–Crippen LogP) is 0.681. The van der Waals surface area contributed by atoms with Crippen molar-refractivity contribution < 1.29 is 24.2 Å². The Labute approximate surface area is 101 Å². The van der Waals surface area contributed by atoms with Crippen molar-refractivity contribution in [2.75, 3.05) is 13.7 Å². The molecule has 2 N–H and O–H groups in total. The van der Waals surface area contributed by atoms with E-state index in [1.807, 2.05) is 0 Å². The Bertz CT molecular complexity index is 272. The van der Waals surface area contributed by atoms with Gasteiger partial charge in [0.2, 0.25) is 0 Å². The molecule has 0 fully saturated rings. The monoisotopic (exact) mass is 247 g/mol.